The van der Waals surface area contributed by atoms with Crippen molar-refractivity contribution in [3.05, 3.63) is 5.56 Å². The topological polar surface area (TPSA) is 97.3 Å². The molecule has 7 heteroatoms. The van der Waals surface area contributed by atoms with Crippen molar-refractivity contribution in [2.24, 2.45) is 11.7 Å². The van der Waals surface area contributed by atoms with Gasteiger partial charge in [0.15, 0.2) is 5.82 Å². The Balaban J connectivity index is 1.79. The molecule has 18 heavy (non-hydrogen) atoms. The number of hydrogen-bond acceptors (Lipinski definition) is 6. The van der Waals surface area contributed by atoms with Crippen LogP contribution >= 0.6 is 11.5 Å². The van der Waals surface area contributed by atoms with Gasteiger partial charge in [0.1, 0.15) is 10.6 Å². The van der Waals surface area contributed by atoms with Crippen molar-refractivity contribution in [2.45, 2.75) is 18.9 Å². The zero-order chi connectivity index (χ0) is 12.7. The summed E-state index contributed by atoms with van der Waals surface area (Å²) in [6, 6.07) is 0.380. The Morgan fingerprint density at radius 3 is 2.72 bits per heavy atom. The van der Waals surface area contributed by atoms with E-state index in [-0.39, 0.29) is 5.82 Å². The van der Waals surface area contributed by atoms with Gasteiger partial charge in [0.2, 0.25) is 0 Å². The summed E-state index contributed by atoms with van der Waals surface area (Å²) in [6.45, 7) is 3.41. The van der Waals surface area contributed by atoms with Crippen molar-refractivity contribution in [3.8, 4) is 0 Å². The number of nitrogens with zero attached hydrogens (tertiary/aromatic N) is 2. The minimum atomic E-state index is -0.509. The van der Waals surface area contributed by atoms with Crippen molar-refractivity contribution in [3.63, 3.8) is 0 Å². The third-order valence-corrected chi connectivity index (χ3v) is 4.73. The molecular weight excluding hydrogens is 250 g/mol. The average Bonchev–Trinajstić information content (AvgIpc) is 2.72. The first-order chi connectivity index (χ1) is 8.65. The van der Waals surface area contributed by atoms with Crippen molar-refractivity contribution in [1.82, 2.24) is 9.27 Å². The molecule has 6 nitrogen and oxygen atoms in total. The predicted octanol–water partition coefficient (Wildman–Crippen LogP) is 0.330. The molecule has 0 saturated carbocycles. The summed E-state index contributed by atoms with van der Waals surface area (Å²) in [4.78, 5) is 13.8. The number of carbonyl (C=O) groups excluding carboxylic acids is 1. The molecule has 4 heterocycles. The monoisotopic (exact) mass is 267 g/mol. The van der Waals surface area contributed by atoms with Gasteiger partial charge in [-0.1, -0.05) is 0 Å². The molecule has 0 radical (unpaired) electrons. The number of hydrogen-bond donors (Lipinski definition) is 3. The first kappa shape index (κ1) is 11.7. The molecule has 3 fully saturated rings. The number of nitrogens with two attached hydrogens (primary N) is 2. The normalized spacial score (nSPS) is 30.3. The van der Waals surface area contributed by atoms with Gasteiger partial charge in [-0.15, -0.1) is 0 Å². The fourth-order valence-corrected chi connectivity index (χ4v) is 3.72. The molecule has 1 aromatic heterocycles. The van der Waals surface area contributed by atoms with Crippen LogP contribution in [0.5, 0.6) is 0 Å². The van der Waals surface area contributed by atoms with Crippen molar-refractivity contribution >= 4 is 28.3 Å². The molecule has 3 saturated heterocycles. The van der Waals surface area contributed by atoms with Gasteiger partial charge in [-0.2, -0.15) is 4.37 Å². The van der Waals surface area contributed by atoms with E-state index in [0.29, 0.717) is 17.5 Å². The van der Waals surface area contributed by atoms with E-state index < -0.39 is 5.91 Å². The van der Waals surface area contributed by atoms with Crippen LogP contribution in [0.2, 0.25) is 0 Å². The highest BCUT2D eigenvalue weighted by Crippen LogP contribution is 2.33. The number of rotatable bonds is 3. The summed E-state index contributed by atoms with van der Waals surface area (Å²) in [7, 11) is 0. The first-order valence-corrected chi connectivity index (χ1v) is 6.96. The molecule has 0 aliphatic carbocycles. The van der Waals surface area contributed by atoms with Crippen LogP contribution in [0.25, 0.3) is 0 Å². The van der Waals surface area contributed by atoms with E-state index in [9.17, 15) is 4.79 Å². The molecule has 1 atom stereocenters. The number of primary amides is 1. The van der Waals surface area contributed by atoms with E-state index >= 15 is 0 Å². The van der Waals surface area contributed by atoms with Crippen LogP contribution in [-0.2, 0) is 0 Å². The van der Waals surface area contributed by atoms with E-state index in [4.69, 9.17) is 11.5 Å². The van der Waals surface area contributed by atoms with Crippen LogP contribution in [0.4, 0.5) is 10.8 Å². The highest BCUT2D eigenvalue weighted by molar-refractivity contribution is 7.11. The second-order valence-electron chi connectivity index (χ2n) is 5.03. The molecule has 5 N–H and O–H groups in total. The second-order valence-corrected chi connectivity index (χ2v) is 5.80. The number of piperidine rings is 3. The van der Waals surface area contributed by atoms with E-state index in [1.807, 2.05) is 0 Å². The van der Waals surface area contributed by atoms with Crippen LogP contribution in [0.1, 0.15) is 23.2 Å². The van der Waals surface area contributed by atoms with Crippen LogP contribution in [0.15, 0.2) is 0 Å². The summed E-state index contributed by atoms with van der Waals surface area (Å²) in [5.74, 6) is 0.403. The predicted molar refractivity (Wildman–Crippen MR) is 71.6 cm³/mol. The molecule has 98 valence electrons. The molecule has 0 aromatic carbocycles. The Kier molecular flexibility index (Phi) is 2.87. The third-order valence-electron chi connectivity index (χ3n) is 3.94. The Morgan fingerprint density at radius 2 is 2.17 bits per heavy atom. The van der Waals surface area contributed by atoms with E-state index in [1.54, 1.807) is 0 Å². The Hall–Kier alpha value is -1.34. The van der Waals surface area contributed by atoms with Gasteiger partial charge in [0.05, 0.1) is 0 Å². The number of carbonyl (C=O) groups is 1. The zero-order valence-electron chi connectivity index (χ0n) is 10.1. The number of amides is 1. The zero-order valence-corrected chi connectivity index (χ0v) is 10.9. The summed E-state index contributed by atoms with van der Waals surface area (Å²) >= 11 is 1.22. The number of nitrogens with one attached hydrogen (secondary N) is 1. The molecule has 0 spiro atoms. The van der Waals surface area contributed by atoms with Crippen molar-refractivity contribution < 1.29 is 4.79 Å². The maximum Gasteiger partial charge on any atom is 0.255 e. The van der Waals surface area contributed by atoms with Gasteiger partial charge >= 0.3 is 0 Å². The lowest BCUT2D eigenvalue weighted by Crippen LogP contribution is -2.53. The Bertz CT molecular complexity index is 466. The molecule has 1 amide bonds. The van der Waals surface area contributed by atoms with Crippen LogP contribution in [-0.4, -0.2) is 40.9 Å². The van der Waals surface area contributed by atoms with Crippen LogP contribution in [0.3, 0.4) is 0 Å². The lowest BCUT2D eigenvalue weighted by Gasteiger charge is -2.45. The van der Waals surface area contributed by atoms with Gasteiger partial charge in [-0.25, -0.2) is 0 Å². The van der Waals surface area contributed by atoms with Crippen molar-refractivity contribution in [2.75, 3.05) is 30.7 Å². The molecule has 1 unspecified atom stereocenters. The number of nitrogen functional groups attached to an aromatic ring is 1. The number of fused-ring (bicyclic) bond motifs is 3. The summed E-state index contributed by atoms with van der Waals surface area (Å²) in [6.07, 6.45) is 2.44. The molecular formula is C11H17N5OS. The highest BCUT2D eigenvalue weighted by Gasteiger charge is 2.35. The van der Waals surface area contributed by atoms with Gasteiger partial charge in [0, 0.05) is 12.6 Å². The number of aromatic nitrogens is 1. The van der Waals surface area contributed by atoms with Crippen LogP contribution < -0.4 is 16.8 Å². The van der Waals surface area contributed by atoms with Gasteiger partial charge in [-0.05, 0) is 43.4 Å². The highest BCUT2D eigenvalue weighted by atomic mass is 32.1. The Labute approximate surface area is 109 Å². The largest absolute Gasteiger partial charge is 0.382 e. The van der Waals surface area contributed by atoms with E-state index in [0.717, 1.165) is 11.5 Å². The second kappa shape index (κ2) is 4.40. The van der Waals surface area contributed by atoms with Crippen molar-refractivity contribution in [1.29, 1.82) is 0 Å². The summed E-state index contributed by atoms with van der Waals surface area (Å²) in [5.41, 5.74) is 11.4. The minimum Gasteiger partial charge on any atom is -0.382 e. The fraction of sp³-hybridized carbons (Fsp3) is 0.636. The maximum absolute atomic E-state index is 11.4. The lowest BCUT2D eigenvalue weighted by atomic mass is 9.84. The minimum absolute atomic E-state index is 0.233. The smallest absolute Gasteiger partial charge is 0.255 e. The van der Waals surface area contributed by atoms with Gasteiger partial charge < -0.3 is 21.7 Å². The first-order valence-electron chi connectivity index (χ1n) is 6.19. The van der Waals surface area contributed by atoms with E-state index in [1.165, 1.54) is 37.5 Å². The SMILES string of the molecule is NC(=O)c1c(N)nsc1NC1CN2CCC1CC2. The maximum atomic E-state index is 11.4. The quantitative estimate of drug-likeness (QED) is 0.733. The van der Waals surface area contributed by atoms with Gasteiger partial charge in [-0.3, -0.25) is 4.79 Å². The average molecular weight is 267 g/mol. The molecule has 1 aromatic rings. The van der Waals surface area contributed by atoms with Gasteiger partial charge in [0.25, 0.3) is 5.91 Å². The lowest BCUT2D eigenvalue weighted by molar-refractivity contribution is 0.0971. The molecule has 4 rings (SSSR count). The standard InChI is InChI=1S/C11H17N5OS/c12-9-8(10(13)17)11(18-15-9)14-7-5-16-3-1-6(7)2-4-16/h6-7,14H,1-5H2,(H2,12,15)(H2,13,17). The van der Waals surface area contributed by atoms with E-state index in [2.05, 4.69) is 14.6 Å². The summed E-state index contributed by atoms with van der Waals surface area (Å²) < 4.78 is 4.01. The molecule has 3 aliphatic heterocycles. The third kappa shape index (κ3) is 1.93. The summed E-state index contributed by atoms with van der Waals surface area (Å²) in [5, 5.41) is 4.14. The number of anilines is 2. The Morgan fingerprint density at radius 1 is 1.44 bits per heavy atom. The fourth-order valence-electron chi connectivity index (χ4n) is 2.94. The van der Waals surface area contributed by atoms with Crippen LogP contribution in [0, 0.1) is 5.92 Å². The molecule has 2 bridgehead atoms. The molecule has 3 aliphatic rings.